The van der Waals surface area contributed by atoms with E-state index in [-0.39, 0.29) is 29.5 Å². The minimum atomic E-state index is -0.588. The molecule has 1 amide bonds. The average Bonchev–Trinajstić information content (AvgIpc) is 2.66. The lowest BCUT2D eigenvalue weighted by atomic mass is 10.1. The Kier molecular flexibility index (Phi) is 6.43. The average molecular weight is 356 g/mol. The van der Waals surface area contributed by atoms with Gasteiger partial charge in [-0.3, -0.25) is 14.6 Å². The maximum atomic E-state index is 12.2. The molecule has 0 aliphatic heterocycles. The normalized spacial score (nSPS) is 10.3. The number of methoxy groups -OCH3 is 1. The van der Waals surface area contributed by atoms with Gasteiger partial charge in [-0.25, -0.2) is 4.79 Å². The second-order valence-corrected chi connectivity index (χ2v) is 5.75. The third kappa shape index (κ3) is 4.66. The molecule has 1 aromatic carbocycles. The van der Waals surface area contributed by atoms with E-state index < -0.39 is 17.8 Å². The third-order valence-corrected chi connectivity index (χ3v) is 3.54. The lowest BCUT2D eigenvalue weighted by molar-refractivity contribution is -0.137. The quantitative estimate of drug-likeness (QED) is 0.631. The summed E-state index contributed by atoms with van der Waals surface area (Å²) in [7, 11) is 1.26. The van der Waals surface area contributed by atoms with Crippen LogP contribution in [0.2, 0.25) is 0 Å². The van der Waals surface area contributed by atoms with Gasteiger partial charge in [0, 0.05) is 18.3 Å². The molecule has 0 radical (unpaired) electrons. The van der Waals surface area contributed by atoms with Gasteiger partial charge in [0.25, 0.3) is 5.91 Å². The summed E-state index contributed by atoms with van der Waals surface area (Å²) < 4.78 is 10.1. The van der Waals surface area contributed by atoms with Crippen molar-refractivity contribution in [2.24, 2.45) is 5.92 Å². The number of hydrogen-bond acceptors (Lipinski definition) is 6. The number of hydrogen-bond donors (Lipinski definition) is 1. The highest BCUT2D eigenvalue weighted by Crippen LogP contribution is 2.24. The zero-order valence-electron chi connectivity index (χ0n) is 14.8. The molecule has 0 atom stereocenters. The molecule has 0 saturated carbocycles. The van der Waals surface area contributed by atoms with Crippen molar-refractivity contribution in [3.8, 4) is 5.75 Å². The van der Waals surface area contributed by atoms with E-state index in [0.29, 0.717) is 5.56 Å². The van der Waals surface area contributed by atoms with Crippen LogP contribution in [0.25, 0.3) is 0 Å². The summed E-state index contributed by atoms with van der Waals surface area (Å²) in [6, 6.07) is 9.66. The molecule has 0 saturated heterocycles. The number of aromatic nitrogens is 1. The minimum Gasteiger partial charge on any atom is -0.465 e. The third-order valence-electron chi connectivity index (χ3n) is 3.54. The predicted molar refractivity (Wildman–Crippen MR) is 93.7 cm³/mol. The van der Waals surface area contributed by atoms with Crippen molar-refractivity contribution >= 4 is 17.8 Å². The number of carbonyl (C=O) groups excluding carboxylic acids is 3. The predicted octanol–water partition coefficient (Wildman–Crippen LogP) is 2.36. The van der Waals surface area contributed by atoms with Crippen molar-refractivity contribution in [1.29, 1.82) is 0 Å². The lowest BCUT2D eigenvalue weighted by Gasteiger charge is -2.15. The van der Waals surface area contributed by atoms with Gasteiger partial charge in [0.05, 0.1) is 18.6 Å². The molecule has 0 aliphatic carbocycles. The van der Waals surface area contributed by atoms with Crippen LogP contribution in [0.5, 0.6) is 5.75 Å². The number of carbonyl (C=O) groups is 3. The van der Waals surface area contributed by atoms with E-state index >= 15 is 0 Å². The highest BCUT2D eigenvalue weighted by Gasteiger charge is 2.20. The molecule has 0 fully saturated rings. The number of nitrogens with zero attached hydrogens (tertiary/aromatic N) is 1. The second-order valence-electron chi connectivity index (χ2n) is 5.75. The molecule has 1 N–H and O–H groups in total. The highest BCUT2D eigenvalue weighted by atomic mass is 16.5. The number of ether oxygens (including phenoxy) is 2. The summed E-state index contributed by atoms with van der Waals surface area (Å²) in [6.07, 6.45) is 1.51. The molecule has 0 bridgehead atoms. The molecule has 7 heteroatoms. The number of nitrogens with one attached hydrogen (secondary N) is 1. The van der Waals surface area contributed by atoms with Crippen LogP contribution in [0.4, 0.5) is 0 Å². The van der Waals surface area contributed by atoms with Crippen molar-refractivity contribution < 1.29 is 23.9 Å². The van der Waals surface area contributed by atoms with Gasteiger partial charge in [-0.2, -0.15) is 0 Å². The Bertz CT molecular complexity index is 803. The molecule has 0 spiro atoms. The van der Waals surface area contributed by atoms with E-state index in [1.807, 2.05) is 0 Å². The Hall–Kier alpha value is -3.22. The van der Waals surface area contributed by atoms with Crippen LogP contribution in [-0.2, 0) is 16.1 Å². The van der Waals surface area contributed by atoms with Crippen LogP contribution < -0.4 is 10.1 Å². The Morgan fingerprint density at radius 2 is 1.88 bits per heavy atom. The Labute approximate surface area is 151 Å². The molecular weight excluding hydrogens is 336 g/mol. The maximum Gasteiger partial charge on any atom is 0.338 e. The molecule has 1 heterocycles. The van der Waals surface area contributed by atoms with E-state index in [1.54, 1.807) is 50.2 Å². The van der Waals surface area contributed by atoms with Gasteiger partial charge in [-0.15, -0.1) is 0 Å². The Morgan fingerprint density at radius 3 is 2.50 bits per heavy atom. The van der Waals surface area contributed by atoms with E-state index in [1.165, 1.54) is 13.3 Å². The fourth-order valence-corrected chi connectivity index (χ4v) is 2.13. The summed E-state index contributed by atoms with van der Waals surface area (Å²) >= 11 is 0. The van der Waals surface area contributed by atoms with Gasteiger partial charge in [-0.05, 0) is 24.3 Å². The summed E-state index contributed by atoms with van der Waals surface area (Å²) in [5.74, 6) is -1.58. The van der Waals surface area contributed by atoms with Gasteiger partial charge < -0.3 is 14.8 Å². The van der Waals surface area contributed by atoms with Crippen LogP contribution >= 0.6 is 0 Å². The minimum absolute atomic E-state index is 0.0264. The first kappa shape index (κ1) is 19.1. The molecule has 1 aromatic heterocycles. The maximum absolute atomic E-state index is 12.2. The van der Waals surface area contributed by atoms with Crippen molar-refractivity contribution in [2.75, 3.05) is 7.11 Å². The van der Waals surface area contributed by atoms with E-state index in [0.717, 1.165) is 0 Å². The summed E-state index contributed by atoms with van der Waals surface area (Å²) in [5, 5.41) is 2.68. The standard InChI is InChI=1S/C19H20N2O5/c1-12(2)18(23)26-16-9-6-7-13(19(24)25-3)14(16)11-21-17(22)15-8-4-5-10-20-15/h4-10,12H,11H2,1-3H3,(H,21,22). The molecule has 26 heavy (non-hydrogen) atoms. The number of amides is 1. The zero-order chi connectivity index (χ0) is 19.1. The second kappa shape index (κ2) is 8.75. The summed E-state index contributed by atoms with van der Waals surface area (Å²) in [5.41, 5.74) is 0.810. The van der Waals surface area contributed by atoms with Crippen molar-refractivity contribution in [2.45, 2.75) is 20.4 Å². The van der Waals surface area contributed by atoms with Crippen LogP contribution in [0, 0.1) is 5.92 Å². The Morgan fingerprint density at radius 1 is 1.12 bits per heavy atom. The van der Waals surface area contributed by atoms with E-state index in [4.69, 9.17) is 9.47 Å². The number of pyridine rings is 1. The van der Waals surface area contributed by atoms with Crippen LogP contribution in [0.3, 0.4) is 0 Å². The first-order chi connectivity index (χ1) is 12.4. The number of benzene rings is 1. The van der Waals surface area contributed by atoms with Gasteiger partial charge in [-0.1, -0.05) is 26.0 Å². The monoisotopic (exact) mass is 356 g/mol. The molecule has 0 unspecified atom stereocenters. The molecule has 7 nitrogen and oxygen atoms in total. The molecular formula is C19H20N2O5. The first-order valence-electron chi connectivity index (χ1n) is 8.05. The van der Waals surface area contributed by atoms with E-state index in [9.17, 15) is 14.4 Å². The fraction of sp³-hybridized carbons (Fsp3) is 0.263. The van der Waals surface area contributed by atoms with Gasteiger partial charge in [0.15, 0.2) is 0 Å². The molecule has 2 rings (SSSR count). The largest absolute Gasteiger partial charge is 0.465 e. The Balaban J connectivity index is 2.29. The molecule has 0 aliphatic rings. The summed E-state index contributed by atoms with van der Waals surface area (Å²) in [4.78, 5) is 40.2. The fourth-order valence-electron chi connectivity index (χ4n) is 2.13. The van der Waals surface area contributed by atoms with Crippen LogP contribution in [0.15, 0.2) is 42.6 Å². The van der Waals surface area contributed by atoms with Gasteiger partial charge in [0.2, 0.25) is 0 Å². The van der Waals surface area contributed by atoms with Crippen molar-refractivity contribution in [3.63, 3.8) is 0 Å². The number of esters is 2. The van der Waals surface area contributed by atoms with Gasteiger partial charge >= 0.3 is 11.9 Å². The van der Waals surface area contributed by atoms with Gasteiger partial charge in [0.1, 0.15) is 11.4 Å². The zero-order valence-corrected chi connectivity index (χ0v) is 14.8. The molecule has 2 aromatic rings. The van der Waals surface area contributed by atoms with Crippen molar-refractivity contribution in [1.82, 2.24) is 10.3 Å². The molecule has 136 valence electrons. The SMILES string of the molecule is COC(=O)c1cccc(OC(=O)C(C)C)c1CNC(=O)c1ccccn1. The summed E-state index contributed by atoms with van der Waals surface area (Å²) in [6.45, 7) is 3.38. The topological polar surface area (TPSA) is 94.6 Å². The van der Waals surface area contributed by atoms with Crippen LogP contribution in [-0.4, -0.2) is 29.9 Å². The highest BCUT2D eigenvalue weighted by molar-refractivity contribution is 5.94. The first-order valence-corrected chi connectivity index (χ1v) is 8.05. The van der Waals surface area contributed by atoms with E-state index in [2.05, 4.69) is 10.3 Å². The number of rotatable bonds is 6. The van der Waals surface area contributed by atoms with Crippen LogP contribution in [0.1, 0.15) is 40.3 Å². The van der Waals surface area contributed by atoms with Crippen molar-refractivity contribution in [3.05, 3.63) is 59.4 Å². The lowest BCUT2D eigenvalue weighted by Crippen LogP contribution is -2.26. The smallest absolute Gasteiger partial charge is 0.338 e.